The van der Waals surface area contributed by atoms with Crippen molar-refractivity contribution in [3.8, 4) is 0 Å². The molecule has 0 aliphatic heterocycles. The lowest BCUT2D eigenvalue weighted by atomic mass is 9.90. The highest BCUT2D eigenvalue weighted by molar-refractivity contribution is 5.78. The smallest absolute Gasteiger partial charge is 0.223 e. The van der Waals surface area contributed by atoms with Gasteiger partial charge >= 0.3 is 0 Å². The predicted molar refractivity (Wildman–Crippen MR) is 67.6 cm³/mol. The SMILES string of the molecule is C=C(N)NCCCC[C@H](C(=O)NC)C(C)C. The van der Waals surface area contributed by atoms with E-state index in [2.05, 4.69) is 31.1 Å². The molecular formula is C12H25N3O. The second kappa shape index (κ2) is 8.02. The van der Waals surface area contributed by atoms with Gasteiger partial charge in [0.1, 0.15) is 0 Å². The number of hydrogen-bond donors (Lipinski definition) is 3. The zero-order chi connectivity index (χ0) is 12.6. The molecule has 0 radical (unpaired) electrons. The molecule has 0 aromatic rings. The summed E-state index contributed by atoms with van der Waals surface area (Å²) in [5.74, 6) is 1.15. The maximum absolute atomic E-state index is 11.6. The van der Waals surface area contributed by atoms with Crippen molar-refractivity contribution in [2.45, 2.75) is 33.1 Å². The number of hydrogen-bond acceptors (Lipinski definition) is 3. The Labute approximate surface area is 98.7 Å². The molecule has 4 heteroatoms. The van der Waals surface area contributed by atoms with Crippen LogP contribution in [0, 0.1) is 11.8 Å². The Hall–Kier alpha value is -1.19. The maximum atomic E-state index is 11.6. The molecule has 16 heavy (non-hydrogen) atoms. The average Bonchev–Trinajstić information content (AvgIpc) is 2.21. The lowest BCUT2D eigenvalue weighted by Gasteiger charge is -2.19. The minimum atomic E-state index is 0.117. The van der Waals surface area contributed by atoms with E-state index in [1.165, 1.54) is 0 Å². The molecule has 94 valence electrons. The molecular weight excluding hydrogens is 202 g/mol. The zero-order valence-electron chi connectivity index (χ0n) is 10.7. The molecule has 0 aromatic carbocycles. The summed E-state index contributed by atoms with van der Waals surface area (Å²) in [6.07, 6.45) is 2.96. The molecule has 0 unspecified atom stereocenters. The second-order valence-corrected chi connectivity index (χ2v) is 4.41. The first kappa shape index (κ1) is 14.8. The van der Waals surface area contributed by atoms with E-state index in [0.29, 0.717) is 11.7 Å². The van der Waals surface area contributed by atoms with Gasteiger partial charge in [-0.1, -0.05) is 26.8 Å². The van der Waals surface area contributed by atoms with Crippen molar-refractivity contribution in [1.29, 1.82) is 0 Å². The van der Waals surface area contributed by atoms with E-state index in [1.807, 2.05) is 0 Å². The first-order valence-corrected chi connectivity index (χ1v) is 5.88. The molecule has 0 saturated heterocycles. The number of rotatable bonds is 8. The van der Waals surface area contributed by atoms with Crippen molar-refractivity contribution in [1.82, 2.24) is 10.6 Å². The van der Waals surface area contributed by atoms with E-state index >= 15 is 0 Å². The van der Waals surface area contributed by atoms with Crippen LogP contribution in [0.5, 0.6) is 0 Å². The lowest BCUT2D eigenvalue weighted by molar-refractivity contribution is -0.126. The highest BCUT2D eigenvalue weighted by atomic mass is 16.1. The minimum absolute atomic E-state index is 0.117. The van der Waals surface area contributed by atoms with Gasteiger partial charge in [0.25, 0.3) is 0 Å². The van der Waals surface area contributed by atoms with E-state index in [-0.39, 0.29) is 11.8 Å². The van der Waals surface area contributed by atoms with Crippen LogP contribution in [0.2, 0.25) is 0 Å². The third kappa shape index (κ3) is 6.32. The molecule has 0 rings (SSSR count). The van der Waals surface area contributed by atoms with Gasteiger partial charge < -0.3 is 16.4 Å². The Bertz CT molecular complexity index is 226. The summed E-state index contributed by atoms with van der Waals surface area (Å²) in [5.41, 5.74) is 5.38. The van der Waals surface area contributed by atoms with Crippen LogP contribution in [-0.4, -0.2) is 19.5 Å². The summed E-state index contributed by atoms with van der Waals surface area (Å²) in [6.45, 7) is 8.55. The van der Waals surface area contributed by atoms with Crippen LogP contribution >= 0.6 is 0 Å². The fraction of sp³-hybridized carbons (Fsp3) is 0.750. The van der Waals surface area contributed by atoms with Gasteiger partial charge in [0.05, 0.1) is 5.82 Å². The van der Waals surface area contributed by atoms with Crippen LogP contribution in [0.3, 0.4) is 0 Å². The Balaban J connectivity index is 3.77. The van der Waals surface area contributed by atoms with Crippen LogP contribution in [0.4, 0.5) is 0 Å². The topological polar surface area (TPSA) is 67.1 Å². The molecule has 0 aliphatic rings. The van der Waals surface area contributed by atoms with E-state index in [4.69, 9.17) is 5.73 Å². The summed E-state index contributed by atoms with van der Waals surface area (Å²) >= 11 is 0. The largest absolute Gasteiger partial charge is 0.386 e. The second-order valence-electron chi connectivity index (χ2n) is 4.41. The van der Waals surface area contributed by atoms with Crippen LogP contribution < -0.4 is 16.4 Å². The number of carbonyl (C=O) groups is 1. The predicted octanol–water partition coefficient (Wildman–Crippen LogP) is 1.19. The van der Waals surface area contributed by atoms with Crippen LogP contribution in [-0.2, 0) is 4.79 Å². The first-order valence-electron chi connectivity index (χ1n) is 5.88. The average molecular weight is 227 g/mol. The lowest BCUT2D eigenvalue weighted by Crippen LogP contribution is -2.31. The van der Waals surface area contributed by atoms with Gasteiger partial charge in [-0.15, -0.1) is 0 Å². The quantitative estimate of drug-likeness (QED) is 0.546. The summed E-state index contributed by atoms with van der Waals surface area (Å²) in [7, 11) is 1.69. The third-order valence-corrected chi connectivity index (χ3v) is 2.68. The molecule has 1 amide bonds. The fourth-order valence-electron chi connectivity index (χ4n) is 1.69. The van der Waals surface area contributed by atoms with Crippen molar-refractivity contribution in [3.05, 3.63) is 12.4 Å². The molecule has 0 aliphatic carbocycles. The standard InChI is InChI=1S/C12H25N3O/c1-9(2)11(12(16)14-4)7-5-6-8-15-10(3)13/h9,11,15H,3,5-8,13H2,1-2,4H3,(H,14,16)/t11-/m0/s1. The van der Waals surface area contributed by atoms with Crippen LogP contribution in [0.15, 0.2) is 12.4 Å². The molecule has 4 N–H and O–H groups in total. The van der Waals surface area contributed by atoms with Crippen LogP contribution in [0.25, 0.3) is 0 Å². The fourth-order valence-corrected chi connectivity index (χ4v) is 1.69. The Morgan fingerprint density at radius 1 is 1.38 bits per heavy atom. The molecule has 0 fully saturated rings. The van der Waals surface area contributed by atoms with Crippen molar-refractivity contribution < 1.29 is 4.79 Å². The van der Waals surface area contributed by atoms with E-state index in [0.717, 1.165) is 25.8 Å². The van der Waals surface area contributed by atoms with E-state index < -0.39 is 0 Å². The zero-order valence-corrected chi connectivity index (χ0v) is 10.7. The van der Waals surface area contributed by atoms with Crippen molar-refractivity contribution in [3.63, 3.8) is 0 Å². The van der Waals surface area contributed by atoms with E-state index in [9.17, 15) is 4.79 Å². The maximum Gasteiger partial charge on any atom is 0.223 e. The van der Waals surface area contributed by atoms with Gasteiger partial charge in [-0.3, -0.25) is 4.79 Å². The Morgan fingerprint density at radius 3 is 2.44 bits per heavy atom. The van der Waals surface area contributed by atoms with Gasteiger partial charge in [0.2, 0.25) is 5.91 Å². The summed E-state index contributed by atoms with van der Waals surface area (Å²) in [5, 5.41) is 5.69. The Morgan fingerprint density at radius 2 is 2.00 bits per heavy atom. The summed E-state index contributed by atoms with van der Waals surface area (Å²) < 4.78 is 0. The molecule has 0 bridgehead atoms. The third-order valence-electron chi connectivity index (χ3n) is 2.68. The number of unbranched alkanes of at least 4 members (excludes halogenated alkanes) is 1. The number of nitrogens with two attached hydrogens (primary N) is 1. The van der Waals surface area contributed by atoms with E-state index in [1.54, 1.807) is 7.05 Å². The van der Waals surface area contributed by atoms with Gasteiger partial charge in [-0.05, 0) is 18.8 Å². The minimum Gasteiger partial charge on any atom is -0.386 e. The highest BCUT2D eigenvalue weighted by Crippen LogP contribution is 2.18. The van der Waals surface area contributed by atoms with Crippen molar-refractivity contribution in [2.24, 2.45) is 17.6 Å². The van der Waals surface area contributed by atoms with Gasteiger partial charge in [-0.2, -0.15) is 0 Å². The van der Waals surface area contributed by atoms with Crippen molar-refractivity contribution >= 4 is 5.91 Å². The number of amides is 1. The summed E-state index contributed by atoms with van der Waals surface area (Å²) in [6, 6.07) is 0. The molecule has 4 nitrogen and oxygen atoms in total. The van der Waals surface area contributed by atoms with Crippen molar-refractivity contribution in [2.75, 3.05) is 13.6 Å². The normalized spacial score (nSPS) is 12.2. The highest BCUT2D eigenvalue weighted by Gasteiger charge is 2.19. The number of nitrogens with one attached hydrogen (secondary N) is 2. The molecule has 0 spiro atoms. The molecule has 0 aromatic heterocycles. The van der Waals surface area contributed by atoms with Gasteiger partial charge in [0.15, 0.2) is 0 Å². The van der Waals surface area contributed by atoms with Gasteiger partial charge in [-0.25, -0.2) is 0 Å². The summed E-state index contributed by atoms with van der Waals surface area (Å²) in [4.78, 5) is 11.6. The molecule has 0 saturated carbocycles. The van der Waals surface area contributed by atoms with Gasteiger partial charge in [0, 0.05) is 19.5 Å². The monoisotopic (exact) mass is 227 g/mol. The Kier molecular flexibility index (Phi) is 7.42. The number of carbonyl (C=O) groups excluding carboxylic acids is 1. The molecule has 1 atom stereocenters. The first-order chi connectivity index (χ1) is 7.49. The molecule has 0 heterocycles. The van der Waals surface area contributed by atoms with Crippen LogP contribution in [0.1, 0.15) is 33.1 Å².